The maximum atomic E-state index is 13.8. The van der Waals surface area contributed by atoms with Gasteiger partial charge in [0.25, 0.3) is 0 Å². The van der Waals surface area contributed by atoms with Crippen LogP contribution in [0.15, 0.2) is 42.5 Å². The number of benzene rings is 2. The fourth-order valence-corrected chi connectivity index (χ4v) is 3.14. The zero-order valence-electron chi connectivity index (χ0n) is 14.0. The van der Waals surface area contributed by atoms with Crippen LogP contribution in [-0.2, 0) is 9.59 Å². The van der Waals surface area contributed by atoms with Crippen LogP contribution in [0.1, 0.15) is 24.9 Å². The molecule has 0 radical (unpaired) electrons. The van der Waals surface area contributed by atoms with E-state index in [1.54, 1.807) is 31.2 Å². The van der Waals surface area contributed by atoms with Gasteiger partial charge in [-0.1, -0.05) is 17.7 Å². The van der Waals surface area contributed by atoms with E-state index in [-0.39, 0.29) is 30.3 Å². The number of rotatable bonds is 4. The van der Waals surface area contributed by atoms with E-state index in [1.165, 1.54) is 11.0 Å². The van der Waals surface area contributed by atoms with Crippen LogP contribution >= 0.6 is 11.6 Å². The number of nitrogens with one attached hydrogen (secondary N) is 1. The Morgan fingerprint density at radius 1 is 1.23 bits per heavy atom. The van der Waals surface area contributed by atoms with Crippen LogP contribution in [0.3, 0.4) is 0 Å². The molecule has 2 aromatic carbocycles. The summed E-state index contributed by atoms with van der Waals surface area (Å²) < 4.78 is 26.9. The zero-order valence-corrected chi connectivity index (χ0v) is 14.8. The van der Waals surface area contributed by atoms with Crippen LogP contribution in [0.2, 0.25) is 5.02 Å². The van der Waals surface area contributed by atoms with E-state index in [0.29, 0.717) is 10.7 Å². The van der Waals surface area contributed by atoms with E-state index < -0.39 is 23.6 Å². The summed E-state index contributed by atoms with van der Waals surface area (Å²) in [7, 11) is 0. The van der Waals surface area contributed by atoms with E-state index in [0.717, 1.165) is 12.1 Å². The molecule has 136 valence electrons. The van der Waals surface area contributed by atoms with Crippen molar-refractivity contribution in [2.45, 2.75) is 19.4 Å². The third kappa shape index (κ3) is 3.85. The molecule has 0 spiro atoms. The quantitative estimate of drug-likeness (QED) is 0.878. The van der Waals surface area contributed by atoms with Crippen molar-refractivity contribution >= 4 is 29.1 Å². The average Bonchev–Trinajstić information content (AvgIpc) is 2.97. The first-order valence-corrected chi connectivity index (χ1v) is 8.54. The summed E-state index contributed by atoms with van der Waals surface area (Å²) >= 11 is 5.85. The Balaban J connectivity index is 1.67. The molecule has 3 rings (SSSR count). The zero-order chi connectivity index (χ0) is 18.8. The Morgan fingerprint density at radius 2 is 1.92 bits per heavy atom. The van der Waals surface area contributed by atoms with Gasteiger partial charge in [0.2, 0.25) is 11.8 Å². The second kappa shape index (κ2) is 7.41. The van der Waals surface area contributed by atoms with Gasteiger partial charge in [-0.25, -0.2) is 8.78 Å². The summed E-state index contributed by atoms with van der Waals surface area (Å²) in [6.45, 7) is 1.85. The molecular weight excluding hydrogens is 362 g/mol. The van der Waals surface area contributed by atoms with Crippen molar-refractivity contribution in [3.63, 3.8) is 0 Å². The standard InChI is InChI=1S/C19H17ClF2N2O2/c1-11(16-7-4-14(21)9-17(16)22)23-19(26)12-8-18(25)24(10-12)15-5-2-13(20)3-6-15/h2-7,9,11-12H,8,10H2,1H3,(H,23,26). The summed E-state index contributed by atoms with van der Waals surface area (Å²) in [4.78, 5) is 26.2. The first-order chi connectivity index (χ1) is 12.3. The Morgan fingerprint density at radius 3 is 2.58 bits per heavy atom. The number of anilines is 1. The first kappa shape index (κ1) is 18.3. The van der Waals surface area contributed by atoms with Gasteiger partial charge in [0.05, 0.1) is 12.0 Å². The minimum Gasteiger partial charge on any atom is -0.349 e. The van der Waals surface area contributed by atoms with E-state index in [4.69, 9.17) is 11.6 Å². The smallest absolute Gasteiger partial charge is 0.227 e. The second-order valence-electron chi connectivity index (χ2n) is 6.28. The first-order valence-electron chi connectivity index (χ1n) is 8.16. The molecule has 7 heteroatoms. The van der Waals surface area contributed by atoms with Gasteiger partial charge in [0.15, 0.2) is 0 Å². The molecule has 1 N–H and O–H groups in total. The third-order valence-corrected chi connectivity index (χ3v) is 4.67. The lowest BCUT2D eigenvalue weighted by molar-refractivity contribution is -0.126. The third-order valence-electron chi connectivity index (χ3n) is 4.42. The summed E-state index contributed by atoms with van der Waals surface area (Å²) in [5, 5.41) is 3.26. The number of carbonyl (C=O) groups is 2. The van der Waals surface area contributed by atoms with Crippen molar-refractivity contribution < 1.29 is 18.4 Å². The Kier molecular flexibility index (Phi) is 5.23. The predicted molar refractivity (Wildman–Crippen MR) is 94.8 cm³/mol. The minimum absolute atomic E-state index is 0.0765. The molecule has 2 atom stereocenters. The van der Waals surface area contributed by atoms with Gasteiger partial charge in [-0.2, -0.15) is 0 Å². The number of amides is 2. The lowest BCUT2D eigenvalue weighted by Gasteiger charge is -2.19. The average molecular weight is 379 g/mol. The summed E-state index contributed by atoms with van der Waals surface area (Å²) in [6.07, 6.45) is 0.0765. The fourth-order valence-electron chi connectivity index (χ4n) is 3.02. The Labute approximate surface area is 154 Å². The van der Waals surface area contributed by atoms with Crippen molar-refractivity contribution in [2.24, 2.45) is 5.92 Å². The molecular formula is C19H17ClF2N2O2. The van der Waals surface area contributed by atoms with E-state index >= 15 is 0 Å². The highest BCUT2D eigenvalue weighted by atomic mass is 35.5. The minimum atomic E-state index is -0.719. The van der Waals surface area contributed by atoms with Crippen molar-refractivity contribution in [2.75, 3.05) is 11.4 Å². The molecule has 1 fully saturated rings. The second-order valence-corrected chi connectivity index (χ2v) is 6.71. The molecule has 0 saturated carbocycles. The molecule has 1 aliphatic rings. The van der Waals surface area contributed by atoms with E-state index in [1.807, 2.05) is 0 Å². The van der Waals surface area contributed by atoms with Crippen LogP contribution in [0.5, 0.6) is 0 Å². The van der Waals surface area contributed by atoms with Gasteiger partial charge in [-0.05, 0) is 37.3 Å². The molecule has 0 aliphatic carbocycles. The van der Waals surface area contributed by atoms with Crippen molar-refractivity contribution in [1.29, 1.82) is 0 Å². The maximum Gasteiger partial charge on any atom is 0.227 e. The molecule has 4 nitrogen and oxygen atoms in total. The van der Waals surface area contributed by atoms with Crippen LogP contribution in [0, 0.1) is 17.6 Å². The molecule has 0 aromatic heterocycles. The topological polar surface area (TPSA) is 49.4 Å². The monoisotopic (exact) mass is 378 g/mol. The molecule has 2 amide bonds. The molecule has 2 unspecified atom stereocenters. The highest BCUT2D eigenvalue weighted by molar-refractivity contribution is 6.30. The van der Waals surface area contributed by atoms with Crippen LogP contribution in [-0.4, -0.2) is 18.4 Å². The Hall–Kier alpha value is -2.47. The SMILES string of the molecule is CC(NC(=O)C1CC(=O)N(c2ccc(Cl)cc2)C1)c1ccc(F)cc1F. The van der Waals surface area contributed by atoms with Crippen molar-refractivity contribution in [3.8, 4) is 0 Å². The van der Waals surface area contributed by atoms with Crippen LogP contribution in [0.25, 0.3) is 0 Å². The molecule has 1 heterocycles. The maximum absolute atomic E-state index is 13.8. The largest absolute Gasteiger partial charge is 0.349 e. The number of halogens is 3. The molecule has 2 aromatic rings. The molecule has 1 aliphatic heterocycles. The lowest BCUT2D eigenvalue weighted by Crippen LogP contribution is -2.34. The summed E-state index contributed by atoms with van der Waals surface area (Å²) in [5.74, 6) is -2.43. The fraction of sp³-hybridized carbons (Fsp3) is 0.263. The Bertz CT molecular complexity index is 842. The van der Waals surface area contributed by atoms with Gasteiger partial charge >= 0.3 is 0 Å². The number of hydrogen-bond donors (Lipinski definition) is 1. The van der Waals surface area contributed by atoms with Crippen LogP contribution in [0.4, 0.5) is 14.5 Å². The number of nitrogens with zero attached hydrogens (tertiary/aromatic N) is 1. The van der Waals surface area contributed by atoms with Gasteiger partial charge in [-0.3, -0.25) is 9.59 Å². The summed E-state index contributed by atoms with van der Waals surface area (Å²) in [6, 6.07) is 9.38. The normalized spacial score (nSPS) is 18.1. The van der Waals surface area contributed by atoms with Gasteiger partial charge in [0, 0.05) is 35.3 Å². The summed E-state index contributed by atoms with van der Waals surface area (Å²) in [5.41, 5.74) is 0.867. The van der Waals surface area contributed by atoms with E-state index in [2.05, 4.69) is 5.32 Å². The van der Waals surface area contributed by atoms with Gasteiger partial charge in [-0.15, -0.1) is 0 Å². The molecule has 0 bridgehead atoms. The van der Waals surface area contributed by atoms with Gasteiger partial charge < -0.3 is 10.2 Å². The van der Waals surface area contributed by atoms with Gasteiger partial charge in [0.1, 0.15) is 11.6 Å². The highest BCUT2D eigenvalue weighted by Crippen LogP contribution is 2.27. The lowest BCUT2D eigenvalue weighted by atomic mass is 10.0. The van der Waals surface area contributed by atoms with Crippen molar-refractivity contribution in [1.82, 2.24) is 5.32 Å². The molecule has 26 heavy (non-hydrogen) atoms. The van der Waals surface area contributed by atoms with Crippen LogP contribution < -0.4 is 10.2 Å². The van der Waals surface area contributed by atoms with E-state index in [9.17, 15) is 18.4 Å². The van der Waals surface area contributed by atoms with Crippen molar-refractivity contribution in [3.05, 3.63) is 64.7 Å². The predicted octanol–water partition coefficient (Wildman–Crippen LogP) is 3.85. The number of carbonyl (C=O) groups excluding carboxylic acids is 2. The number of hydrogen-bond acceptors (Lipinski definition) is 2. The molecule has 1 saturated heterocycles. The highest BCUT2D eigenvalue weighted by Gasteiger charge is 2.35.